The van der Waals surface area contributed by atoms with Crippen LogP contribution in [0.4, 0.5) is 11.4 Å². The fourth-order valence-corrected chi connectivity index (χ4v) is 2.90. The molecule has 0 saturated carbocycles. The van der Waals surface area contributed by atoms with E-state index in [9.17, 15) is 14.4 Å². The van der Waals surface area contributed by atoms with E-state index in [2.05, 4.69) is 10.6 Å². The monoisotopic (exact) mass is 425 g/mol. The van der Waals surface area contributed by atoms with Crippen LogP contribution in [-0.2, 0) is 0 Å². The van der Waals surface area contributed by atoms with Gasteiger partial charge in [0.25, 0.3) is 17.7 Å². The summed E-state index contributed by atoms with van der Waals surface area (Å²) in [6.45, 7) is 1.82. The zero-order valence-electron chi connectivity index (χ0n) is 16.7. The minimum Gasteiger partial charge on any atom is -0.459 e. The predicted octanol–water partition coefficient (Wildman–Crippen LogP) is 4.45. The van der Waals surface area contributed by atoms with Gasteiger partial charge in [0.1, 0.15) is 0 Å². The first-order valence-corrected chi connectivity index (χ1v) is 9.42. The zero-order chi connectivity index (χ0) is 21.8. The van der Waals surface area contributed by atoms with Gasteiger partial charge in [0.15, 0.2) is 5.76 Å². The normalized spacial score (nSPS) is 10.4. The highest BCUT2D eigenvalue weighted by molar-refractivity contribution is 6.34. The molecule has 0 aliphatic heterocycles. The first kappa shape index (κ1) is 21.1. The molecule has 3 aromatic rings. The summed E-state index contributed by atoms with van der Waals surface area (Å²) >= 11 is 6.11. The Kier molecular flexibility index (Phi) is 6.23. The van der Waals surface area contributed by atoms with Crippen LogP contribution in [0, 0.1) is 6.92 Å². The highest BCUT2D eigenvalue weighted by Gasteiger charge is 2.16. The SMILES string of the molecule is Cc1ccc(C(=O)Nc2ccc(Cl)c(C(=O)N(C)C)c2)cc1NC(=O)c1ccco1. The van der Waals surface area contributed by atoms with Gasteiger partial charge in [-0.1, -0.05) is 17.7 Å². The third-order valence-corrected chi connectivity index (χ3v) is 4.68. The molecule has 8 heteroatoms. The number of rotatable bonds is 5. The van der Waals surface area contributed by atoms with Crippen molar-refractivity contribution in [3.63, 3.8) is 0 Å². The van der Waals surface area contributed by atoms with Crippen LogP contribution in [-0.4, -0.2) is 36.7 Å². The molecule has 30 heavy (non-hydrogen) atoms. The third kappa shape index (κ3) is 4.69. The smallest absolute Gasteiger partial charge is 0.291 e. The summed E-state index contributed by atoms with van der Waals surface area (Å²) in [5.74, 6) is -0.905. The van der Waals surface area contributed by atoms with Gasteiger partial charge in [0.2, 0.25) is 0 Å². The van der Waals surface area contributed by atoms with E-state index in [1.54, 1.807) is 56.6 Å². The van der Waals surface area contributed by atoms with Gasteiger partial charge >= 0.3 is 0 Å². The molecule has 0 bridgehead atoms. The topological polar surface area (TPSA) is 91.7 Å². The number of furan rings is 1. The number of nitrogens with zero attached hydrogens (tertiary/aromatic N) is 1. The van der Waals surface area contributed by atoms with Gasteiger partial charge < -0.3 is 20.0 Å². The van der Waals surface area contributed by atoms with Crippen molar-refractivity contribution in [2.75, 3.05) is 24.7 Å². The summed E-state index contributed by atoms with van der Waals surface area (Å²) in [7, 11) is 3.24. The molecule has 0 aliphatic carbocycles. The van der Waals surface area contributed by atoms with Crippen LogP contribution in [0.5, 0.6) is 0 Å². The van der Waals surface area contributed by atoms with Crippen molar-refractivity contribution >= 4 is 40.7 Å². The Bertz CT molecular complexity index is 1110. The van der Waals surface area contributed by atoms with Crippen molar-refractivity contribution in [3.05, 3.63) is 82.3 Å². The summed E-state index contributed by atoms with van der Waals surface area (Å²) in [4.78, 5) is 38.6. The first-order chi connectivity index (χ1) is 14.3. The van der Waals surface area contributed by atoms with Gasteiger partial charge in [-0.2, -0.15) is 0 Å². The molecule has 154 valence electrons. The molecule has 0 saturated heterocycles. The average Bonchev–Trinajstić information content (AvgIpc) is 3.25. The lowest BCUT2D eigenvalue weighted by molar-refractivity contribution is 0.0827. The molecule has 1 heterocycles. The van der Waals surface area contributed by atoms with Crippen LogP contribution < -0.4 is 10.6 Å². The van der Waals surface area contributed by atoms with E-state index in [0.29, 0.717) is 22.0 Å². The Balaban J connectivity index is 1.80. The lowest BCUT2D eigenvalue weighted by Crippen LogP contribution is -2.22. The number of aryl methyl sites for hydroxylation is 1. The average molecular weight is 426 g/mol. The highest BCUT2D eigenvalue weighted by Crippen LogP contribution is 2.23. The van der Waals surface area contributed by atoms with E-state index in [1.165, 1.54) is 17.2 Å². The van der Waals surface area contributed by atoms with Crippen LogP contribution in [0.3, 0.4) is 0 Å². The molecule has 0 aliphatic rings. The minimum atomic E-state index is -0.412. The molecule has 2 N–H and O–H groups in total. The molecule has 0 fully saturated rings. The number of carbonyl (C=O) groups excluding carboxylic acids is 3. The molecule has 2 aromatic carbocycles. The van der Waals surface area contributed by atoms with Crippen molar-refractivity contribution in [2.24, 2.45) is 0 Å². The number of nitrogens with one attached hydrogen (secondary N) is 2. The van der Waals surface area contributed by atoms with Crippen LogP contribution in [0.1, 0.15) is 36.8 Å². The number of hydrogen-bond donors (Lipinski definition) is 2. The van der Waals surface area contributed by atoms with E-state index in [-0.39, 0.29) is 17.2 Å². The maximum atomic E-state index is 12.7. The second-order valence-corrected chi connectivity index (χ2v) is 7.22. The van der Waals surface area contributed by atoms with Crippen LogP contribution >= 0.6 is 11.6 Å². The van der Waals surface area contributed by atoms with Crippen molar-refractivity contribution < 1.29 is 18.8 Å². The maximum absolute atomic E-state index is 12.7. The number of halogens is 1. The lowest BCUT2D eigenvalue weighted by Gasteiger charge is -2.14. The quantitative estimate of drug-likeness (QED) is 0.631. The molecule has 3 rings (SSSR count). The highest BCUT2D eigenvalue weighted by atomic mass is 35.5. The standard InChI is InChI=1S/C22H20ClN3O4/c1-13-6-7-14(11-18(13)25-21(28)19-5-4-10-30-19)20(27)24-15-8-9-17(23)16(12-15)22(29)26(2)3/h4-12H,1-3H3,(H,24,27)(H,25,28). The van der Waals surface area contributed by atoms with E-state index in [0.717, 1.165) is 5.56 Å². The molecule has 0 radical (unpaired) electrons. The molecule has 7 nitrogen and oxygen atoms in total. The number of benzene rings is 2. The fourth-order valence-electron chi connectivity index (χ4n) is 2.70. The first-order valence-electron chi connectivity index (χ1n) is 9.04. The molecule has 1 aromatic heterocycles. The minimum absolute atomic E-state index is 0.170. The van der Waals surface area contributed by atoms with Gasteiger partial charge in [0, 0.05) is 31.0 Å². The van der Waals surface area contributed by atoms with Crippen molar-refractivity contribution in [3.8, 4) is 0 Å². The van der Waals surface area contributed by atoms with Gasteiger partial charge in [-0.05, 0) is 55.0 Å². The summed E-state index contributed by atoms with van der Waals surface area (Å²) in [6.07, 6.45) is 1.41. The molecule has 0 spiro atoms. The lowest BCUT2D eigenvalue weighted by atomic mass is 10.1. The Morgan fingerprint density at radius 1 is 0.967 bits per heavy atom. The largest absolute Gasteiger partial charge is 0.459 e. The van der Waals surface area contributed by atoms with Crippen LogP contribution in [0.2, 0.25) is 5.02 Å². The molecular weight excluding hydrogens is 406 g/mol. The Hall–Kier alpha value is -3.58. The second-order valence-electron chi connectivity index (χ2n) is 6.81. The van der Waals surface area contributed by atoms with Crippen molar-refractivity contribution in [1.82, 2.24) is 4.90 Å². The van der Waals surface area contributed by atoms with Crippen LogP contribution in [0.25, 0.3) is 0 Å². The fraction of sp³-hybridized carbons (Fsp3) is 0.136. The Morgan fingerprint density at radius 2 is 1.73 bits per heavy atom. The molecule has 3 amide bonds. The number of anilines is 2. The maximum Gasteiger partial charge on any atom is 0.291 e. The number of carbonyl (C=O) groups is 3. The Labute approximate surface area is 178 Å². The van der Waals surface area contributed by atoms with E-state index in [1.807, 2.05) is 6.92 Å². The van der Waals surface area contributed by atoms with Crippen molar-refractivity contribution in [1.29, 1.82) is 0 Å². The summed E-state index contributed by atoms with van der Waals surface area (Å²) < 4.78 is 5.09. The van der Waals surface area contributed by atoms with Gasteiger partial charge in [-0.25, -0.2) is 0 Å². The molecule has 0 unspecified atom stereocenters. The van der Waals surface area contributed by atoms with E-state index in [4.69, 9.17) is 16.0 Å². The Morgan fingerprint density at radius 3 is 2.40 bits per heavy atom. The molecule has 0 atom stereocenters. The van der Waals surface area contributed by atoms with E-state index >= 15 is 0 Å². The summed E-state index contributed by atoms with van der Waals surface area (Å²) in [5, 5.41) is 5.78. The summed E-state index contributed by atoms with van der Waals surface area (Å²) in [5.41, 5.74) is 2.33. The predicted molar refractivity (Wildman–Crippen MR) is 115 cm³/mol. The molecular formula is C22H20ClN3O4. The second kappa shape index (κ2) is 8.84. The van der Waals surface area contributed by atoms with Gasteiger partial charge in [0.05, 0.1) is 16.8 Å². The number of hydrogen-bond acceptors (Lipinski definition) is 4. The summed E-state index contributed by atoms with van der Waals surface area (Å²) in [6, 6.07) is 12.8. The third-order valence-electron chi connectivity index (χ3n) is 4.35. The van der Waals surface area contributed by atoms with Gasteiger partial charge in [-0.15, -0.1) is 0 Å². The zero-order valence-corrected chi connectivity index (χ0v) is 17.4. The number of amides is 3. The van der Waals surface area contributed by atoms with Crippen molar-refractivity contribution in [2.45, 2.75) is 6.92 Å². The van der Waals surface area contributed by atoms with Crippen LogP contribution in [0.15, 0.2) is 59.2 Å². The van der Waals surface area contributed by atoms with Gasteiger partial charge in [-0.3, -0.25) is 14.4 Å². The van der Waals surface area contributed by atoms with E-state index < -0.39 is 11.8 Å².